The van der Waals surface area contributed by atoms with Gasteiger partial charge in [0.05, 0.1) is 34.4 Å². The van der Waals surface area contributed by atoms with Crippen molar-refractivity contribution in [2.75, 3.05) is 13.2 Å². The molecule has 6 aromatic rings. The van der Waals surface area contributed by atoms with Crippen molar-refractivity contribution in [3.8, 4) is 46.3 Å². The average Bonchev–Trinajstić information content (AvgIpc) is 3.36. The third kappa shape index (κ3) is 12.7. The molecule has 0 aliphatic heterocycles. The van der Waals surface area contributed by atoms with E-state index in [0.717, 1.165) is 33.4 Å². The number of carboxylic acid groups (broad SMARTS) is 2. The van der Waals surface area contributed by atoms with Gasteiger partial charge in [-0.15, -0.1) is 0 Å². The lowest BCUT2D eigenvalue weighted by atomic mass is 9.92. The number of nitrogens with zero attached hydrogens (tertiary/aromatic N) is 4. The van der Waals surface area contributed by atoms with E-state index in [0.29, 0.717) is 56.4 Å². The van der Waals surface area contributed by atoms with Gasteiger partial charge < -0.3 is 39.4 Å². The Hall–Kier alpha value is -7.28. The van der Waals surface area contributed by atoms with Gasteiger partial charge in [-0.1, -0.05) is 59.6 Å². The number of nitrogens with one attached hydrogen (secondary N) is 2. The van der Waals surface area contributed by atoms with Gasteiger partial charge in [0.1, 0.15) is 72.6 Å². The van der Waals surface area contributed by atoms with Gasteiger partial charge >= 0.3 is 11.9 Å². The molecular weight excluding hydrogens is 940 g/mol. The molecule has 0 saturated carbocycles. The molecule has 0 aliphatic rings. The summed E-state index contributed by atoms with van der Waals surface area (Å²) >= 11 is 13.6. The minimum atomic E-state index is -1.64. The SMILES string of the molecule is Cc1c(COc2cc(OCc3cncc(C#N)c3)c(CNC(C)(CO)C(=O)O)cc2Cl)cccc1-c1cccc(COc2cc(OCc3cncc(C#N)c3)c(CNC(C)(CO)C(=O)O)cc2Cl)c1C. The first-order valence-electron chi connectivity index (χ1n) is 21.7. The number of ether oxygens (including phenoxy) is 4. The first-order valence-corrected chi connectivity index (χ1v) is 22.5. The Labute approximate surface area is 414 Å². The molecule has 2 unspecified atom stereocenters. The molecule has 0 radical (unpaired) electrons. The normalized spacial score (nSPS) is 12.7. The molecule has 2 aromatic heterocycles. The number of rotatable bonds is 23. The van der Waals surface area contributed by atoms with E-state index in [-0.39, 0.29) is 49.6 Å². The molecular formula is C52H50Cl2N6O10. The maximum atomic E-state index is 11.9. The van der Waals surface area contributed by atoms with Crippen LogP contribution in [0.2, 0.25) is 10.0 Å². The van der Waals surface area contributed by atoms with Gasteiger partial charge in [0.25, 0.3) is 0 Å². The molecule has 0 aliphatic carbocycles. The molecule has 0 fully saturated rings. The summed E-state index contributed by atoms with van der Waals surface area (Å²) in [4.78, 5) is 32.0. The fourth-order valence-corrected chi connectivity index (χ4v) is 7.53. The summed E-state index contributed by atoms with van der Waals surface area (Å²) in [5.41, 5.74) is 5.24. The number of pyridine rings is 2. The lowest BCUT2D eigenvalue weighted by Crippen LogP contribution is -2.52. The van der Waals surface area contributed by atoms with Gasteiger partial charge in [0.15, 0.2) is 0 Å². The number of nitriles is 2. The molecule has 6 N–H and O–H groups in total. The molecule has 0 bridgehead atoms. The highest BCUT2D eigenvalue weighted by atomic mass is 35.5. The Bertz CT molecular complexity index is 2780. The topological polar surface area (TPSA) is 249 Å². The molecule has 2 heterocycles. The van der Waals surface area contributed by atoms with E-state index in [2.05, 4.69) is 32.7 Å². The number of hydrogen-bond acceptors (Lipinski definition) is 14. The fourth-order valence-electron chi connectivity index (χ4n) is 7.05. The fraction of sp³-hybridized carbons (Fsp3) is 0.269. The zero-order chi connectivity index (χ0) is 50.6. The zero-order valence-electron chi connectivity index (χ0n) is 38.7. The predicted octanol–water partition coefficient (Wildman–Crippen LogP) is 7.98. The highest BCUT2D eigenvalue weighted by Gasteiger charge is 2.33. The molecule has 4 aromatic carbocycles. The molecule has 2 atom stereocenters. The van der Waals surface area contributed by atoms with Crippen LogP contribution in [0.4, 0.5) is 0 Å². The van der Waals surface area contributed by atoms with Gasteiger partial charge in [-0.25, -0.2) is 0 Å². The predicted molar refractivity (Wildman–Crippen MR) is 259 cm³/mol. The van der Waals surface area contributed by atoms with Crippen LogP contribution in [0.25, 0.3) is 11.1 Å². The van der Waals surface area contributed by atoms with Crippen molar-refractivity contribution in [1.29, 1.82) is 10.5 Å². The van der Waals surface area contributed by atoms with Crippen LogP contribution in [0.15, 0.2) is 97.6 Å². The van der Waals surface area contributed by atoms with Crippen molar-refractivity contribution in [3.63, 3.8) is 0 Å². The highest BCUT2D eigenvalue weighted by molar-refractivity contribution is 6.32. The molecule has 0 spiro atoms. The monoisotopic (exact) mass is 988 g/mol. The molecule has 0 amide bonds. The maximum Gasteiger partial charge on any atom is 0.326 e. The van der Waals surface area contributed by atoms with Crippen molar-refractivity contribution >= 4 is 35.1 Å². The van der Waals surface area contributed by atoms with E-state index in [1.165, 1.54) is 26.2 Å². The third-order valence-corrected chi connectivity index (χ3v) is 12.3. The zero-order valence-corrected chi connectivity index (χ0v) is 40.2. The van der Waals surface area contributed by atoms with Crippen LogP contribution >= 0.6 is 23.2 Å². The minimum absolute atomic E-state index is 0.0212. The number of benzene rings is 4. The Morgan fingerprint density at radius 1 is 0.586 bits per heavy atom. The van der Waals surface area contributed by atoms with Crippen LogP contribution in [0.1, 0.15) is 69.5 Å². The molecule has 0 saturated heterocycles. The van der Waals surface area contributed by atoms with Crippen molar-refractivity contribution in [2.24, 2.45) is 0 Å². The van der Waals surface area contributed by atoms with Crippen LogP contribution in [-0.2, 0) is 49.1 Å². The van der Waals surface area contributed by atoms with Crippen LogP contribution in [0.5, 0.6) is 23.0 Å². The van der Waals surface area contributed by atoms with E-state index in [1.54, 1.807) is 48.8 Å². The van der Waals surface area contributed by atoms with E-state index >= 15 is 0 Å². The number of halogens is 2. The van der Waals surface area contributed by atoms with Crippen LogP contribution in [0.3, 0.4) is 0 Å². The van der Waals surface area contributed by atoms with Crippen molar-refractivity contribution in [2.45, 2.75) is 78.3 Å². The molecule has 18 heteroatoms. The third-order valence-electron chi connectivity index (χ3n) is 11.7. The Balaban J connectivity index is 1.22. The largest absolute Gasteiger partial charge is 0.488 e. The maximum absolute atomic E-state index is 11.9. The van der Waals surface area contributed by atoms with Gasteiger partial charge in [-0.3, -0.25) is 30.2 Å². The van der Waals surface area contributed by atoms with Crippen molar-refractivity contribution in [1.82, 2.24) is 20.6 Å². The smallest absolute Gasteiger partial charge is 0.326 e. The quantitative estimate of drug-likeness (QED) is 0.0356. The number of aliphatic carboxylic acids is 2. The first kappa shape index (κ1) is 52.1. The Morgan fingerprint density at radius 3 is 1.33 bits per heavy atom. The second kappa shape index (κ2) is 23.3. The number of carboxylic acids is 2. The molecule has 70 heavy (non-hydrogen) atoms. The van der Waals surface area contributed by atoms with Crippen molar-refractivity contribution < 1.29 is 49.0 Å². The van der Waals surface area contributed by atoms with Crippen molar-refractivity contribution in [3.05, 3.63) is 163 Å². The summed E-state index contributed by atoms with van der Waals surface area (Å²) in [7, 11) is 0. The summed E-state index contributed by atoms with van der Waals surface area (Å²) in [6.07, 6.45) is 6.02. The van der Waals surface area contributed by atoms with E-state index < -0.39 is 36.2 Å². The lowest BCUT2D eigenvalue weighted by Gasteiger charge is -2.25. The Kier molecular flexibility index (Phi) is 17.4. The Morgan fingerprint density at radius 2 is 0.971 bits per heavy atom. The first-order chi connectivity index (χ1) is 33.5. The van der Waals surface area contributed by atoms with Crippen LogP contribution in [-0.4, -0.2) is 66.6 Å². The number of hydrogen-bond donors (Lipinski definition) is 6. The summed E-state index contributed by atoms with van der Waals surface area (Å²) < 4.78 is 25.0. The van der Waals surface area contributed by atoms with Crippen LogP contribution < -0.4 is 29.6 Å². The van der Waals surface area contributed by atoms with E-state index in [9.17, 15) is 40.5 Å². The second-order valence-electron chi connectivity index (χ2n) is 16.8. The number of carbonyl (C=O) groups is 2. The standard InChI is InChI=1S/C52H50Cl2N6O10/c1-31-37(27-69-47-15-45(67-25-35-11-33(17-55)19-57-21-35)39(13-43(47)53)23-59-51(3,29-61)49(63)64)7-5-9-41(31)42-10-6-8-38(32(42)2)28-70-48-16-46(68-26-36-12-34(18-56)20-58-22-36)40(14-44(48)54)24-60-52(4,30-62)50(65)66/h5-16,19-22,59-62H,23-30H2,1-4H3,(H,63,64)(H,65,66). The van der Waals surface area contributed by atoms with Crippen LogP contribution in [0, 0.1) is 36.5 Å². The molecule has 6 rings (SSSR count). The number of aliphatic hydroxyl groups is 2. The summed E-state index contributed by atoms with van der Waals surface area (Å²) in [6.45, 7) is 5.66. The molecule has 362 valence electrons. The van der Waals surface area contributed by atoms with E-state index in [1.807, 2.05) is 50.2 Å². The van der Waals surface area contributed by atoms with Gasteiger partial charge in [0.2, 0.25) is 0 Å². The number of aliphatic hydroxyl groups excluding tert-OH is 2. The van der Waals surface area contributed by atoms with Gasteiger partial charge in [-0.2, -0.15) is 10.5 Å². The lowest BCUT2D eigenvalue weighted by molar-refractivity contribution is -0.146. The molecule has 16 nitrogen and oxygen atoms in total. The summed E-state index contributed by atoms with van der Waals surface area (Å²) in [5, 5.41) is 64.0. The van der Waals surface area contributed by atoms with Gasteiger partial charge in [-0.05, 0) is 85.3 Å². The number of aromatic nitrogens is 2. The average molecular weight is 990 g/mol. The summed E-state index contributed by atoms with van der Waals surface area (Å²) in [6, 6.07) is 25.7. The second-order valence-corrected chi connectivity index (χ2v) is 17.6. The minimum Gasteiger partial charge on any atom is -0.488 e. The summed E-state index contributed by atoms with van der Waals surface area (Å²) in [5.74, 6) is -1.20. The van der Waals surface area contributed by atoms with Gasteiger partial charge in [0, 0.05) is 72.3 Å². The highest BCUT2D eigenvalue weighted by Crippen LogP contribution is 2.38. The van der Waals surface area contributed by atoms with E-state index in [4.69, 9.17) is 42.1 Å².